The molecule has 0 bridgehead atoms. The standard InChI is InChI=1S/C59H54F6N2/c1-6-39(7-2)40-21-29-46(30-22-40)66(54-20-14-16-41-15-10-11-17-50(41)54)47-33-25-44(26-34-47)57(58(60,61)62,59(63,64)65)45-27-35-49(36-28-45)67(48-31-23-43(24-32-48)56(5,8-3)9-4)55-38-42-37-53(42)51-18-12-13-19-52(51)55/h10-36,38-39H,6-9,37H2,1-5H3. The molecule has 0 unspecified atom stereocenters. The van der Waals surface area contributed by atoms with Gasteiger partial charge in [-0.15, -0.1) is 0 Å². The van der Waals surface area contributed by atoms with Gasteiger partial charge in [0.25, 0.3) is 0 Å². The molecule has 0 radical (unpaired) electrons. The summed E-state index contributed by atoms with van der Waals surface area (Å²) in [7, 11) is 0. The summed E-state index contributed by atoms with van der Waals surface area (Å²) < 4.78 is 95.0. The van der Waals surface area contributed by atoms with Gasteiger partial charge in [-0.2, -0.15) is 26.3 Å². The van der Waals surface area contributed by atoms with Crippen molar-refractivity contribution >= 4 is 55.7 Å². The van der Waals surface area contributed by atoms with Crippen LogP contribution in [0.25, 0.3) is 21.5 Å². The molecule has 0 aromatic heterocycles. The van der Waals surface area contributed by atoms with Gasteiger partial charge in [-0.1, -0.05) is 144 Å². The second-order valence-electron chi connectivity index (χ2n) is 18.2. The predicted molar refractivity (Wildman–Crippen MR) is 264 cm³/mol. The van der Waals surface area contributed by atoms with Crippen molar-refractivity contribution in [1.82, 2.24) is 0 Å². The van der Waals surface area contributed by atoms with Crippen molar-refractivity contribution in [3.63, 3.8) is 0 Å². The predicted octanol–water partition coefficient (Wildman–Crippen LogP) is 18.2. The average Bonchev–Trinajstić information content (AvgIpc) is 4.13. The van der Waals surface area contributed by atoms with Crippen LogP contribution in [0, 0.1) is 0 Å². The Kier molecular flexibility index (Phi) is 12.0. The molecule has 0 aliphatic heterocycles. The number of nitrogens with zero attached hydrogens (tertiary/aromatic N) is 2. The maximum Gasteiger partial charge on any atom is 0.411 e. The second kappa shape index (κ2) is 17.6. The lowest BCUT2D eigenvalue weighted by molar-refractivity contribution is -0.288. The van der Waals surface area contributed by atoms with Gasteiger partial charge in [0.15, 0.2) is 0 Å². The van der Waals surface area contributed by atoms with Crippen LogP contribution in [0.4, 0.5) is 60.5 Å². The van der Waals surface area contributed by atoms with Crippen molar-refractivity contribution in [3.05, 3.63) is 203 Å². The molecule has 1 aliphatic carbocycles. The van der Waals surface area contributed by atoms with Crippen molar-refractivity contribution in [1.29, 1.82) is 0 Å². The van der Waals surface area contributed by atoms with Gasteiger partial charge in [0.05, 0.1) is 11.4 Å². The molecule has 8 heteroatoms. The summed E-state index contributed by atoms with van der Waals surface area (Å²) in [6.45, 7) is 10.8. The zero-order valence-corrected chi connectivity index (χ0v) is 38.4. The fraction of sp³-hybridized carbons (Fsp3) is 0.254. The molecule has 8 aromatic carbocycles. The number of halogens is 6. The molecule has 1 aliphatic rings. The number of fused-ring (bicyclic) bond motifs is 4. The minimum Gasteiger partial charge on any atom is -0.310 e. The first-order chi connectivity index (χ1) is 32.2. The summed E-state index contributed by atoms with van der Waals surface area (Å²) in [6, 6.07) is 49.3. The van der Waals surface area contributed by atoms with Gasteiger partial charge < -0.3 is 9.80 Å². The summed E-state index contributed by atoms with van der Waals surface area (Å²) in [5.74, 6) is 0.355. The Hall–Kier alpha value is -6.54. The van der Waals surface area contributed by atoms with Gasteiger partial charge in [-0.05, 0) is 148 Å². The van der Waals surface area contributed by atoms with Crippen LogP contribution in [0.15, 0.2) is 170 Å². The maximum atomic E-state index is 15.8. The lowest BCUT2D eigenvalue weighted by Crippen LogP contribution is -2.54. The highest BCUT2D eigenvalue weighted by molar-refractivity contribution is 6.04. The molecule has 0 atom stereocenters. The highest BCUT2D eigenvalue weighted by Crippen LogP contribution is 2.57. The van der Waals surface area contributed by atoms with Crippen LogP contribution >= 0.6 is 0 Å². The SMILES string of the molecule is CCC(CC)c1ccc(N(c2ccc(C(c3ccc(N(c4ccc(C(C)(CC)CC)cc4)c4cc5c(c6ccccc46)C5)cc3)(C(F)(F)F)C(F)(F)F)cc2)c2cccc3ccccc23)cc1. The molecular weight excluding hydrogens is 851 g/mol. The zero-order chi connectivity index (χ0) is 47.3. The first-order valence-corrected chi connectivity index (χ1v) is 23.3. The quantitative estimate of drug-likeness (QED) is 0.100. The van der Waals surface area contributed by atoms with E-state index in [9.17, 15) is 0 Å². The van der Waals surface area contributed by atoms with Crippen LogP contribution in [-0.2, 0) is 17.3 Å². The van der Waals surface area contributed by atoms with Crippen LogP contribution in [0.5, 0.6) is 0 Å². The first kappa shape index (κ1) is 45.6. The number of alkyl halides is 6. The van der Waals surface area contributed by atoms with Gasteiger partial charge in [-0.25, -0.2) is 0 Å². The van der Waals surface area contributed by atoms with Crippen LogP contribution in [-0.4, -0.2) is 12.4 Å². The summed E-state index contributed by atoms with van der Waals surface area (Å²) in [4.78, 5) is 3.84. The minimum atomic E-state index is -5.77. The zero-order valence-electron chi connectivity index (χ0n) is 38.4. The topological polar surface area (TPSA) is 6.48 Å². The molecule has 0 N–H and O–H groups in total. The van der Waals surface area contributed by atoms with Gasteiger partial charge in [-0.3, -0.25) is 0 Å². The normalized spacial score (nSPS) is 13.0. The highest BCUT2D eigenvalue weighted by Gasteiger charge is 2.72. The fourth-order valence-corrected chi connectivity index (χ4v) is 10.2. The largest absolute Gasteiger partial charge is 0.411 e. The van der Waals surface area contributed by atoms with Crippen molar-refractivity contribution in [2.75, 3.05) is 9.80 Å². The number of benzene rings is 8. The van der Waals surface area contributed by atoms with E-state index in [2.05, 4.69) is 71.0 Å². The Morgan fingerprint density at radius 2 is 0.896 bits per heavy atom. The van der Waals surface area contributed by atoms with E-state index >= 15 is 26.3 Å². The molecule has 0 saturated carbocycles. The van der Waals surface area contributed by atoms with Gasteiger partial charge in [0.1, 0.15) is 0 Å². The number of hydrogen-bond acceptors (Lipinski definition) is 2. The summed E-state index contributed by atoms with van der Waals surface area (Å²) in [5.41, 5.74) is 2.33. The van der Waals surface area contributed by atoms with E-state index in [1.807, 2.05) is 94.7 Å². The number of rotatable bonds is 14. The van der Waals surface area contributed by atoms with Crippen molar-refractivity contribution in [3.8, 4) is 0 Å². The number of anilines is 6. The molecular formula is C59H54F6N2. The molecule has 9 rings (SSSR count). The van der Waals surface area contributed by atoms with E-state index in [1.165, 1.54) is 29.8 Å². The van der Waals surface area contributed by atoms with Crippen molar-refractivity contribution < 1.29 is 26.3 Å². The molecule has 0 amide bonds. The molecule has 0 heterocycles. The Bertz CT molecular complexity index is 3000. The van der Waals surface area contributed by atoms with Gasteiger partial charge in [0, 0.05) is 33.5 Å². The summed E-state index contributed by atoms with van der Waals surface area (Å²) in [6.07, 6.45) is -6.93. The summed E-state index contributed by atoms with van der Waals surface area (Å²) in [5, 5.41) is 3.84. The van der Waals surface area contributed by atoms with E-state index < -0.39 is 28.9 Å². The third-order valence-electron chi connectivity index (χ3n) is 14.7. The molecule has 0 spiro atoms. The lowest BCUT2D eigenvalue weighted by Gasteiger charge is -2.39. The van der Waals surface area contributed by atoms with E-state index in [1.54, 1.807) is 0 Å². The molecule has 342 valence electrons. The molecule has 2 nitrogen and oxygen atoms in total. The minimum absolute atomic E-state index is 0.0569. The highest BCUT2D eigenvalue weighted by atomic mass is 19.4. The molecule has 8 aromatic rings. The van der Waals surface area contributed by atoms with Crippen LogP contribution in [0.2, 0.25) is 0 Å². The Morgan fingerprint density at radius 3 is 1.39 bits per heavy atom. The van der Waals surface area contributed by atoms with E-state index in [0.717, 1.165) is 117 Å². The monoisotopic (exact) mass is 904 g/mol. The third kappa shape index (κ3) is 7.92. The van der Waals surface area contributed by atoms with E-state index in [-0.39, 0.29) is 5.41 Å². The Labute approximate surface area is 389 Å². The Balaban J connectivity index is 1.17. The summed E-state index contributed by atoms with van der Waals surface area (Å²) >= 11 is 0. The van der Waals surface area contributed by atoms with E-state index in [0.29, 0.717) is 17.3 Å². The third-order valence-corrected chi connectivity index (χ3v) is 14.7. The average molecular weight is 905 g/mol. The van der Waals surface area contributed by atoms with Gasteiger partial charge >= 0.3 is 12.4 Å². The van der Waals surface area contributed by atoms with Crippen molar-refractivity contribution in [2.24, 2.45) is 0 Å². The van der Waals surface area contributed by atoms with E-state index in [4.69, 9.17) is 0 Å². The van der Waals surface area contributed by atoms with Crippen LogP contribution < -0.4 is 9.80 Å². The number of hydrogen-bond donors (Lipinski definition) is 0. The van der Waals surface area contributed by atoms with Crippen LogP contribution in [0.1, 0.15) is 99.6 Å². The lowest BCUT2D eigenvalue weighted by atomic mass is 9.72. The molecule has 67 heavy (non-hydrogen) atoms. The Morgan fingerprint density at radius 1 is 0.463 bits per heavy atom. The second-order valence-corrected chi connectivity index (χ2v) is 18.2. The fourth-order valence-electron chi connectivity index (χ4n) is 10.2. The van der Waals surface area contributed by atoms with Crippen LogP contribution in [0.3, 0.4) is 0 Å². The maximum absolute atomic E-state index is 15.8. The molecule has 0 saturated heterocycles. The van der Waals surface area contributed by atoms with Crippen molar-refractivity contribution in [2.45, 2.75) is 95.8 Å². The smallest absolute Gasteiger partial charge is 0.310 e. The molecule has 0 fully saturated rings. The van der Waals surface area contributed by atoms with Gasteiger partial charge in [0.2, 0.25) is 5.41 Å². The first-order valence-electron chi connectivity index (χ1n) is 23.3.